The van der Waals surface area contributed by atoms with Crippen LogP contribution in [0.3, 0.4) is 0 Å². The zero-order valence-electron chi connectivity index (χ0n) is 18.6. The third kappa shape index (κ3) is 2.77. The number of hydrogen-bond acceptors (Lipinski definition) is 1. The first-order chi connectivity index (χ1) is 16.8. The van der Waals surface area contributed by atoms with E-state index in [2.05, 4.69) is 77.6 Å². The zero-order chi connectivity index (χ0) is 23.1. The number of allylic oxidation sites excluding steroid dienone is 4. The summed E-state index contributed by atoms with van der Waals surface area (Å²) in [7, 11) is 0. The highest BCUT2D eigenvalue weighted by Gasteiger charge is 2.46. The van der Waals surface area contributed by atoms with Crippen LogP contribution in [0.5, 0.6) is 5.75 Å². The molecule has 2 nitrogen and oxygen atoms in total. The summed E-state index contributed by atoms with van der Waals surface area (Å²) in [6, 6.07) is 29.2. The van der Waals surface area contributed by atoms with Gasteiger partial charge in [0.05, 0.1) is 5.41 Å². The molecule has 1 unspecified atom stereocenters. The third-order valence-corrected chi connectivity index (χ3v) is 7.01. The van der Waals surface area contributed by atoms with Gasteiger partial charge in [0.15, 0.2) is 0 Å². The molecule has 6 rings (SSSR count). The van der Waals surface area contributed by atoms with E-state index in [4.69, 9.17) is 6.42 Å². The van der Waals surface area contributed by atoms with Gasteiger partial charge >= 0.3 is 0 Å². The second-order valence-electron chi connectivity index (χ2n) is 8.71. The Hall–Kier alpha value is -4.48. The van der Waals surface area contributed by atoms with E-state index in [9.17, 15) is 5.11 Å². The smallest absolute Gasteiger partial charge is 0.120 e. The number of benzene rings is 4. The van der Waals surface area contributed by atoms with Crippen molar-refractivity contribution >= 4 is 21.8 Å². The summed E-state index contributed by atoms with van der Waals surface area (Å²) in [6.45, 7) is 0. The molecule has 0 saturated carbocycles. The van der Waals surface area contributed by atoms with Crippen molar-refractivity contribution in [2.75, 3.05) is 0 Å². The van der Waals surface area contributed by atoms with Crippen molar-refractivity contribution in [2.45, 2.75) is 11.8 Å². The highest BCUT2D eigenvalue weighted by Crippen LogP contribution is 2.58. The van der Waals surface area contributed by atoms with Gasteiger partial charge in [0, 0.05) is 27.4 Å². The van der Waals surface area contributed by atoms with E-state index < -0.39 is 5.41 Å². The molecule has 0 fully saturated rings. The number of nitrogens with one attached hydrogen (secondary N) is 1. The fraction of sp³-hybridized carbons (Fsp3) is 0.0625. The zero-order valence-corrected chi connectivity index (χ0v) is 18.6. The number of hydrogen-bond donors (Lipinski definition) is 2. The first kappa shape index (κ1) is 20.1. The lowest BCUT2D eigenvalue weighted by Crippen LogP contribution is -2.26. The standard InChI is InChI=1S/C32H23NO/c1-2-3-4-5-12-21-32(25-16-9-11-18-29(25)34)24-15-8-6-13-22(24)30-26(32)19-20-28-31(30)23-14-7-10-17-27(23)33-28/h1,3-20,33-34H,21H2/b4-3-,12-5-. The van der Waals surface area contributed by atoms with Crippen LogP contribution < -0.4 is 0 Å². The second-order valence-corrected chi connectivity index (χ2v) is 8.71. The Kier molecular flexibility index (Phi) is 4.64. The molecule has 0 aliphatic heterocycles. The molecule has 2 N–H and O–H groups in total. The molecule has 1 aliphatic rings. The highest BCUT2D eigenvalue weighted by molar-refractivity contribution is 6.16. The summed E-state index contributed by atoms with van der Waals surface area (Å²) < 4.78 is 0. The first-order valence-electron chi connectivity index (χ1n) is 11.5. The van der Waals surface area contributed by atoms with E-state index in [1.165, 1.54) is 33.0 Å². The molecule has 0 bridgehead atoms. The molecule has 34 heavy (non-hydrogen) atoms. The van der Waals surface area contributed by atoms with Gasteiger partial charge in [0.2, 0.25) is 0 Å². The number of H-pyrrole nitrogens is 1. The van der Waals surface area contributed by atoms with Gasteiger partial charge in [-0.2, -0.15) is 0 Å². The van der Waals surface area contributed by atoms with Crippen LogP contribution >= 0.6 is 0 Å². The van der Waals surface area contributed by atoms with Crippen LogP contribution in [0.1, 0.15) is 23.1 Å². The molecule has 1 aromatic heterocycles. The predicted octanol–water partition coefficient (Wildman–Crippen LogP) is 7.48. The van der Waals surface area contributed by atoms with E-state index in [0.29, 0.717) is 12.2 Å². The Balaban J connectivity index is 1.74. The normalized spacial score (nSPS) is 16.9. The predicted molar refractivity (Wildman–Crippen MR) is 141 cm³/mol. The molecule has 0 saturated heterocycles. The van der Waals surface area contributed by atoms with Crippen LogP contribution in [0.4, 0.5) is 0 Å². The van der Waals surface area contributed by atoms with Gasteiger partial charge < -0.3 is 10.1 Å². The van der Waals surface area contributed by atoms with Crippen molar-refractivity contribution in [1.82, 2.24) is 4.98 Å². The maximum Gasteiger partial charge on any atom is 0.120 e. The van der Waals surface area contributed by atoms with E-state index in [1.807, 2.05) is 30.4 Å². The summed E-state index contributed by atoms with van der Waals surface area (Å²) in [5.74, 6) is 2.84. The van der Waals surface area contributed by atoms with E-state index >= 15 is 0 Å². The van der Waals surface area contributed by atoms with Crippen molar-refractivity contribution in [3.05, 3.63) is 126 Å². The van der Waals surface area contributed by atoms with Crippen molar-refractivity contribution in [3.63, 3.8) is 0 Å². The molecule has 5 aromatic rings. The molecule has 2 heteroatoms. The van der Waals surface area contributed by atoms with Crippen molar-refractivity contribution in [3.8, 4) is 29.2 Å². The van der Waals surface area contributed by atoms with Crippen LogP contribution in [0, 0.1) is 12.3 Å². The van der Waals surface area contributed by atoms with Gasteiger partial charge in [-0.3, -0.25) is 0 Å². The maximum atomic E-state index is 11.1. The quantitative estimate of drug-likeness (QED) is 0.222. The van der Waals surface area contributed by atoms with Crippen molar-refractivity contribution < 1.29 is 5.11 Å². The summed E-state index contributed by atoms with van der Waals surface area (Å²) in [5.41, 5.74) is 7.49. The Labute approximate surface area is 198 Å². The third-order valence-electron chi connectivity index (χ3n) is 7.01. The number of aromatic hydroxyl groups is 1. The minimum Gasteiger partial charge on any atom is -0.508 e. The largest absolute Gasteiger partial charge is 0.508 e. The van der Waals surface area contributed by atoms with Crippen LogP contribution in [-0.4, -0.2) is 10.1 Å². The molecule has 1 atom stereocenters. The van der Waals surface area contributed by atoms with Crippen molar-refractivity contribution in [2.24, 2.45) is 0 Å². The minimum absolute atomic E-state index is 0.303. The highest BCUT2D eigenvalue weighted by atomic mass is 16.3. The summed E-state index contributed by atoms with van der Waals surface area (Å²) in [6.07, 6.45) is 13.8. The molecule has 0 spiro atoms. The van der Waals surface area contributed by atoms with E-state index in [-0.39, 0.29) is 0 Å². The molecular formula is C32H23NO. The Morgan fingerprint density at radius 2 is 1.56 bits per heavy atom. The van der Waals surface area contributed by atoms with E-state index in [1.54, 1.807) is 12.1 Å². The second kappa shape index (κ2) is 7.83. The molecule has 0 amide bonds. The Morgan fingerprint density at radius 3 is 2.41 bits per heavy atom. The first-order valence-corrected chi connectivity index (χ1v) is 11.5. The van der Waals surface area contributed by atoms with Crippen LogP contribution in [-0.2, 0) is 5.41 Å². The van der Waals surface area contributed by atoms with Gasteiger partial charge in [-0.25, -0.2) is 0 Å². The van der Waals surface area contributed by atoms with Crippen LogP contribution in [0.15, 0.2) is 109 Å². The number of aromatic nitrogens is 1. The van der Waals surface area contributed by atoms with Gasteiger partial charge in [-0.05, 0) is 52.9 Å². The molecular weight excluding hydrogens is 414 g/mol. The Bertz CT molecular complexity index is 1660. The Morgan fingerprint density at radius 1 is 0.794 bits per heavy atom. The number of phenols is 1. The summed E-state index contributed by atoms with van der Waals surface area (Å²) in [4.78, 5) is 3.59. The average Bonchev–Trinajstić information content (AvgIpc) is 3.38. The van der Waals surface area contributed by atoms with Crippen LogP contribution in [0.2, 0.25) is 0 Å². The monoisotopic (exact) mass is 437 g/mol. The molecule has 1 heterocycles. The number of terminal acetylenes is 1. The van der Waals surface area contributed by atoms with Gasteiger partial charge in [-0.15, -0.1) is 6.42 Å². The van der Waals surface area contributed by atoms with Gasteiger partial charge in [0.1, 0.15) is 5.75 Å². The lowest BCUT2D eigenvalue weighted by molar-refractivity contribution is 0.454. The topological polar surface area (TPSA) is 36.0 Å². The lowest BCUT2D eigenvalue weighted by Gasteiger charge is -2.32. The number of rotatable bonds is 4. The molecule has 0 radical (unpaired) electrons. The number of phenolic OH excluding ortho intramolecular Hbond substituents is 1. The number of fused-ring (bicyclic) bond motifs is 7. The molecule has 1 aliphatic carbocycles. The van der Waals surface area contributed by atoms with Crippen molar-refractivity contribution in [1.29, 1.82) is 0 Å². The number of aromatic amines is 1. The fourth-order valence-corrected chi connectivity index (χ4v) is 5.68. The molecule has 4 aromatic carbocycles. The summed E-state index contributed by atoms with van der Waals surface area (Å²) in [5, 5.41) is 13.5. The van der Waals surface area contributed by atoms with Crippen LogP contribution in [0.25, 0.3) is 32.9 Å². The maximum absolute atomic E-state index is 11.1. The summed E-state index contributed by atoms with van der Waals surface area (Å²) >= 11 is 0. The van der Waals surface area contributed by atoms with Gasteiger partial charge in [0.25, 0.3) is 0 Å². The SMILES string of the molecule is C#C/C=C\C=C/CC1(c2ccccc2O)c2ccccc2-c2c1ccc1[nH]c3ccccc3c21. The van der Waals surface area contributed by atoms with Gasteiger partial charge in [-0.1, -0.05) is 90.9 Å². The average molecular weight is 438 g/mol. The lowest BCUT2D eigenvalue weighted by atomic mass is 9.69. The number of para-hydroxylation sites is 2. The van der Waals surface area contributed by atoms with E-state index in [0.717, 1.165) is 16.6 Å². The fourth-order valence-electron chi connectivity index (χ4n) is 5.68. The minimum atomic E-state index is -0.523. The molecule has 162 valence electrons.